The Balaban J connectivity index is 1.38. The van der Waals surface area contributed by atoms with Gasteiger partial charge in [-0.05, 0) is 62.6 Å². The number of thioether (sulfide) groups is 1. The first kappa shape index (κ1) is 22.1. The summed E-state index contributed by atoms with van der Waals surface area (Å²) in [5, 5.41) is 3.66. The standard InChI is InChI=1S/C24H31N3O3S/c1-2-3-6-17-10-12-18(13-11-17)25-22(28)16-31-23-20-8-4-9-21(20)27(24(29)26-23)15-19-7-5-14-30-19/h10-13,19H,2-9,14-16H2,1H3,(H,25,28). The van der Waals surface area contributed by atoms with Gasteiger partial charge in [0.1, 0.15) is 5.03 Å². The quantitative estimate of drug-likeness (QED) is 0.471. The number of aromatic nitrogens is 2. The van der Waals surface area contributed by atoms with E-state index < -0.39 is 0 Å². The molecule has 166 valence electrons. The average Bonchev–Trinajstić information content (AvgIpc) is 3.46. The molecule has 1 unspecified atom stereocenters. The zero-order valence-electron chi connectivity index (χ0n) is 18.2. The third-order valence-electron chi connectivity index (χ3n) is 6.01. The van der Waals surface area contributed by atoms with E-state index in [2.05, 4.69) is 29.4 Å². The summed E-state index contributed by atoms with van der Waals surface area (Å²) in [5.41, 5.74) is 4.09. The first-order chi connectivity index (χ1) is 15.1. The fraction of sp³-hybridized carbons (Fsp3) is 0.542. The van der Waals surface area contributed by atoms with Crippen molar-refractivity contribution >= 4 is 23.4 Å². The number of amides is 1. The van der Waals surface area contributed by atoms with Crippen molar-refractivity contribution < 1.29 is 9.53 Å². The Morgan fingerprint density at radius 3 is 2.84 bits per heavy atom. The molecule has 0 radical (unpaired) electrons. The van der Waals surface area contributed by atoms with Crippen LogP contribution in [-0.2, 0) is 35.3 Å². The van der Waals surface area contributed by atoms with Crippen LogP contribution >= 0.6 is 11.8 Å². The number of nitrogens with one attached hydrogen (secondary N) is 1. The van der Waals surface area contributed by atoms with E-state index in [0.29, 0.717) is 11.6 Å². The van der Waals surface area contributed by atoms with E-state index in [0.717, 1.165) is 62.1 Å². The molecule has 1 atom stereocenters. The normalized spacial score (nSPS) is 17.6. The lowest BCUT2D eigenvalue weighted by Gasteiger charge is -2.17. The Labute approximate surface area is 187 Å². The molecule has 1 aliphatic carbocycles. The zero-order valence-corrected chi connectivity index (χ0v) is 19.0. The van der Waals surface area contributed by atoms with Gasteiger partial charge in [-0.3, -0.25) is 9.36 Å². The number of hydrogen-bond donors (Lipinski definition) is 1. The predicted octanol–water partition coefficient (Wildman–Crippen LogP) is 3.98. The Morgan fingerprint density at radius 1 is 1.26 bits per heavy atom. The molecule has 0 saturated carbocycles. The second-order valence-corrected chi connectivity index (χ2v) is 9.33. The fourth-order valence-corrected chi connectivity index (χ4v) is 5.23. The third-order valence-corrected chi connectivity index (χ3v) is 7.03. The summed E-state index contributed by atoms with van der Waals surface area (Å²) < 4.78 is 7.53. The van der Waals surface area contributed by atoms with Crippen molar-refractivity contribution in [3.63, 3.8) is 0 Å². The van der Waals surface area contributed by atoms with Crippen LogP contribution in [0.25, 0.3) is 0 Å². The highest BCUT2D eigenvalue weighted by Crippen LogP contribution is 2.30. The largest absolute Gasteiger partial charge is 0.376 e. The van der Waals surface area contributed by atoms with E-state index in [9.17, 15) is 9.59 Å². The first-order valence-corrected chi connectivity index (χ1v) is 12.4. The van der Waals surface area contributed by atoms with Gasteiger partial charge in [0, 0.05) is 23.6 Å². The highest BCUT2D eigenvalue weighted by Gasteiger charge is 2.25. The second kappa shape index (κ2) is 10.5. The summed E-state index contributed by atoms with van der Waals surface area (Å²) in [7, 11) is 0. The van der Waals surface area contributed by atoms with Crippen LogP contribution in [0.15, 0.2) is 34.1 Å². The number of nitrogens with zero attached hydrogens (tertiary/aromatic N) is 2. The second-order valence-electron chi connectivity index (χ2n) is 8.36. The van der Waals surface area contributed by atoms with E-state index in [4.69, 9.17) is 4.74 Å². The third kappa shape index (κ3) is 5.57. The van der Waals surface area contributed by atoms with E-state index in [1.165, 1.54) is 30.2 Å². The van der Waals surface area contributed by atoms with Gasteiger partial charge in [-0.15, -0.1) is 0 Å². The van der Waals surface area contributed by atoms with Crippen molar-refractivity contribution in [2.45, 2.75) is 76.0 Å². The van der Waals surface area contributed by atoms with Gasteiger partial charge < -0.3 is 10.1 Å². The molecular weight excluding hydrogens is 410 g/mol. The minimum atomic E-state index is -0.221. The highest BCUT2D eigenvalue weighted by atomic mass is 32.2. The Morgan fingerprint density at radius 2 is 2.10 bits per heavy atom. The van der Waals surface area contributed by atoms with Gasteiger partial charge in [0.25, 0.3) is 0 Å². The number of ether oxygens (including phenoxy) is 1. The van der Waals surface area contributed by atoms with Crippen molar-refractivity contribution in [3.8, 4) is 0 Å². The molecule has 0 bridgehead atoms. The lowest BCUT2D eigenvalue weighted by atomic mass is 10.1. The number of carbonyl (C=O) groups is 1. The molecular formula is C24H31N3O3S. The van der Waals surface area contributed by atoms with Crippen molar-refractivity contribution in [1.82, 2.24) is 9.55 Å². The summed E-state index contributed by atoms with van der Waals surface area (Å²) in [4.78, 5) is 29.5. The molecule has 1 aliphatic heterocycles. The van der Waals surface area contributed by atoms with Crippen LogP contribution in [-0.4, -0.2) is 33.9 Å². The predicted molar refractivity (Wildman–Crippen MR) is 124 cm³/mol. The zero-order chi connectivity index (χ0) is 21.6. The van der Waals surface area contributed by atoms with Crippen LogP contribution in [0.3, 0.4) is 0 Å². The van der Waals surface area contributed by atoms with Gasteiger partial charge >= 0.3 is 5.69 Å². The average molecular weight is 442 g/mol. The van der Waals surface area contributed by atoms with E-state index in [1.807, 2.05) is 16.7 Å². The molecule has 2 aromatic rings. The van der Waals surface area contributed by atoms with Crippen LogP contribution in [0.1, 0.15) is 55.8 Å². The fourth-order valence-electron chi connectivity index (χ4n) is 4.35. The maximum atomic E-state index is 12.7. The molecule has 1 saturated heterocycles. The molecule has 1 fully saturated rings. The summed E-state index contributed by atoms with van der Waals surface area (Å²) in [6.45, 7) is 3.55. The van der Waals surface area contributed by atoms with E-state index in [-0.39, 0.29) is 23.5 Å². The van der Waals surface area contributed by atoms with Crippen molar-refractivity contribution in [1.29, 1.82) is 0 Å². The molecule has 6 nitrogen and oxygen atoms in total. The molecule has 1 aromatic heterocycles. The smallest absolute Gasteiger partial charge is 0.348 e. The maximum absolute atomic E-state index is 12.7. The van der Waals surface area contributed by atoms with Crippen molar-refractivity contribution in [2.75, 3.05) is 17.7 Å². The number of fused-ring (bicyclic) bond motifs is 1. The molecule has 1 N–H and O–H groups in total. The molecule has 31 heavy (non-hydrogen) atoms. The summed E-state index contributed by atoms with van der Waals surface area (Å²) in [6, 6.07) is 8.05. The maximum Gasteiger partial charge on any atom is 0.348 e. The SMILES string of the molecule is CCCCc1ccc(NC(=O)CSc2nc(=O)n(CC3CCCO3)c3c2CCC3)cc1. The molecule has 4 rings (SSSR count). The Hall–Kier alpha value is -2.12. The number of benzene rings is 1. The molecule has 7 heteroatoms. The van der Waals surface area contributed by atoms with Crippen molar-refractivity contribution in [2.24, 2.45) is 0 Å². The monoisotopic (exact) mass is 441 g/mol. The van der Waals surface area contributed by atoms with Gasteiger partial charge in [0.2, 0.25) is 5.91 Å². The van der Waals surface area contributed by atoms with Gasteiger partial charge in [-0.25, -0.2) is 4.79 Å². The number of rotatable bonds is 9. The minimum Gasteiger partial charge on any atom is -0.376 e. The molecule has 2 heterocycles. The van der Waals surface area contributed by atoms with Gasteiger partial charge in [-0.1, -0.05) is 37.2 Å². The van der Waals surface area contributed by atoms with E-state index in [1.54, 1.807) is 0 Å². The number of aryl methyl sites for hydroxylation is 1. The molecule has 1 aromatic carbocycles. The van der Waals surface area contributed by atoms with Crippen LogP contribution in [0, 0.1) is 0 Å². The van der Waals surface area contributed by atoms with E-state index >= 15 is 0 Å². The number of anilines is 1. The number of hydrogen-bond acceptors (Lipinski definition) is 5. The number of unbranched alkanes of at least 4 members (excludes halogenated alkanes) is 1. The van der Waals surface area contributed by atoms with Crippen LogP contribution < -0.4 is 11.0 Å². The number of carbonyl (C=O) groups excluding carboxylic acids is 1. The minimum absolute atomic E-state index is 0.0802. The molecule has 1 amide bonds. The lowest BCUT2D eigenvalue weighted by molar-refractivity contribution is -0.113. The lowest BCUT2D eigenvalue weighted by Crippen LogP contribution is -2.31. The van der Waals surface area contributed by atoms with Gasteiger partial charge in [0.15, 0.2) is 0 Å². The van der Waals surface area contributed by atoms with Gasteiger partial charge in [-0.2, -0.15) is 4.98 Å². The summed E-state index contributed by atoms with van der Waals surface area (Å²) in [6.07, 6.45) is 8.41. The first-order valence-electron chi connectivity index (χ1n) is 11.4. The van der Waals surface area contributed by atoms with Crippen molar-refractivity contribution in [3.05, 3.63) is 51.6 Å². The van der Waals surface area contributed by atoms with Crippen LogP contribution in [0.2, 0.25) is 0 Å². The highest BCUT2D eigenvalue weighted by molar-refractivity contribution is 8.00. The van der Waals surface area contributed by atoms with Crippen LogP contribution in [0.5, 0.6) is 0 Å². The Kier molecular flexibility index (Phi) is 7.45. The Bertz CT molecular complexity index is 965. The summed E-state index contributed by atoms with van der Waals surface area (Å²) in [5.74, 6) is 0.162. The van der Waals surface area contributed by atoms with Gasteiger partial charge in [0.05, 0.1) is 18.4 Å². The topological polar surface area (TPSA) is 73.2 Å². The summed E-state index contributed by atoms with van der Waals surface area (Å²) >= 11 is 1.37. The molecule has 2 aliphatic rings. The van der Waals surface area contributed by atoms with Crippen LogP contribution in [0.4, 0.5) is 5.69 Å². The molecule has 0 spiro atoms.